The Morgan fingerprint density at radius 1 is 0.277 bits per heavy atom. The third-order valence-corrected chi connectivity index (χ3v) is 23.7. The van der Waals surface area contributed by atoms with E-state index in [1.165, 1.54) is 215 Å². The van der Waals surface area contributed by atoms with E-state index < -0.39 is 0 Å². The fourth-order valence-electron chi connectivity index (χ4n) is 19.8. The van der Waals surface area contributed by atoms with Crippen molar-refractivity contribution in [2.24, 2.45) is 0 Å². The molecule has 0 fully saturated rings. The highest BCUT2D eigenvalue weighted by molar-refractivity contribution is 7.00. The van der Waals surface area contributed by atoms with E-state index in [1.54, 1.807) is 0 Å². The Kier molecular flexibility index (Phi) is 12.4. The van der Waals surface area contributed by atoms with Crippen LogP contribution >= 0.6 is 0 Å². The summed E-state index contributed by atoms with van der Waals surface area (Å²) in [6, 6.07) is 109. The van der Waals surface area contributed by atoms with Crippen molar-refractivity contribution < 1.29 is 0 Å². The molecule has 0 spiro atoms. The molecule has 0 saturated carbocycles. The third kappa shape index (κ3) is 8.15. The molecule has 0 atom stereocenters. The van der Waals surface area contributed by atoms with Gasteiger partial charge in [-0.1, -0.05) is 260 Å². The van der Waals surface area contributed by atoms with E-state index in [1.807, 2.05) is 0 Å². The monoisotopic (exact) mass is 1290 g/mol. The van der Waals surface area contributed by atoms with Crippen LogP contribution in [0.3, 0.4) is 0 Å². The van der Waals surface area contributed by atoms with Crippen LogP contribution in [0.2, 0.25) is 0 Å². The number of nitrogens with zero attached hydrogens (tertiary/aromatic N) is 3. The Bertz CT molecular complexity index is 6440. The van der Waals surface area contributed by atoms with E-state index >= 15 is 0 Å². The molecule has 0 bridgehead atoms. The third-order valence-electron chi connectivity index (χ3n) is 23.7. The molecular weight excluding hydrogens is 1220 g/mol. The van der Waals surface area contributed by atoms with Crippen molar-refractivity contribution in [2.45, 2.75) is 54.4 Å². The Hall–Kier alpha value is -11.9. The molecule has 2 aliphatic heterocycles. The number of hydrogen-bond donors (Lipinski definition) is 0. The first-order valence-corrected chi connectivity index (χ1v) is 35.9. The van der Waals surface area contributed by atoms with E-state index in [0.717, 1.165) is 11.4 Å². The second kappa shape index (κ2) is 21.5. The quantitative estimate of drug-likeness (QED) is 0.109. The summed E-state index contributed by atoms with van der Waals surface area (Å²) in [5.74, 6) is 0.145. The van der Waals surface area contributed by atoms with Crippen molar-refractivity contribution in [3.8, 4) is 44.8 Å². The normalized spacial score (nSPS) is 13.0. The SMILES string of the molecule is Cc1ccccc1N(c1ccccc1)c1cc(C)c2c(c1)-c1cc3ccc4c5c(cc6ccc(c1c6c35)B2c1c(C)cc(C2c3ccccc3-c3ccccc32)cc1C)-c1cc(-n2c3ccccc3c3ccccc32)cc(C)c1B4c1c(C)cc(-n2c3ccccc3c3ccccc32)cc1C. The smallest absolute Gasteiger partial charge is 0.243 e. The minimum Gasteiger partial charge on any atom is -0.310 e. The van der Waals surface area contributed by atoms with Crippen LogP contribution < -0.4 is 37.7 Å². The Morgan fingerprint density at radius 2 is 0.673 bits per heavy atom. The lowest BCUT2D eigenvalue weighted by molar-refractivity contribution is 1.01. The first kappa shape index (κ1) is 58.1. The lowest BCUT2D eigenvalue weighted by Crippen LogP contribution is -2.58. The van der Waals surface area contributed by atoms with Gasteiger partial charge < -0.3 is 14.0 Å². The van der Waals surface area contributed by atoms with Crippen LogP contribution in [0.15, 0.2) is 285 Å². The molecule has 0 amide bonds. The topological polar surface area (TPSA) is 13.1 Å². The number of aryl methyl sites for hydroxylation is 7. The number of aromatic nitrogens is 2. The summed E-state index contributed by atoms with van der Waals surface area (Å²) >= 11 is 0. The minimum atomic E-state index is -0.0694. The summed E-state index contributed by atoms with van der Waals surface area (Å²) in [5, 5.41) is 13.0. The summed E-state index contributed by atoms with van der Waals surface area (Å²) in [6.45, 7) is 16.5. The van der Waals surface area contributed by atoms with Crippen LogP contribution in [0, 0.1) is 48.5 Å². The van der Waals surface area contributed by atoms with Crippen molar-refractivity contribution in [2.75, 3.05) is 4.90 Å². The Labute approximate surface area is 589 Å². The number of para-hydroxylation sites is 6. The van der Waals surface area contributed by atoms with Crippen LogP contribution in [-0.4, -0.2) is 22.6 Å². The standard InChI is InChI=1S/C96H69B2N3/c1-55-25-11-20-36-83(55)99(65-26-9-8-10-27-65)67-49-60(6)95-79(53-67)77-51-62-42-44-82-92-78(52-63-41-43-81(91(77)89(63)90(62)92)97(95)93-56(2)45-64(46-57(93)3)88-75-34-14-12-28-69(75)70-29-13-15-35-76(70)88)80-54-68(101-86-39-23-18-32-73(86)74-33-19-24-40-87(74)101)50-61(7)96(80)98(82)94-58(4)47-66(48-59(94)5)100-84-37-21-16-30-71(84)72-31-17-22-38-85(72)100/h8-54,88H,1-7H3. The van der Waals surface area contributed by atoms with Crippen molar-refractivity contribution in [1.82, 2.24) is 9.13 Å². The molecule has 3 aliphatic rings. The van der Waals surface area contributed by atoms with Gasteiger partial charge in [-0.15, -0.1) is 0 Å². The van der Waals surface area contributed by atoms with E-state index in [-0.39, 0.29) is 19.3 Å². The largest absolute Gasteiger partial charge is 0.310 e. The van der Waals surface area contributed by atoms with Gasteiger partial charge in [0.1, 0.15) is 0 Å². The fourth-order valence-corrected chi connectivity index (χ4v) is 19.8. The van der Waals surface area contributed by atoms with E-state index in [2.05, 4.69) is 348 Å². The zero-order chi connectivity index (χ0) is 67.4. The number of rotatable bonds is 8. The summed E-state index contributed by atoms with van der Waals surface area (Å²) in [5.41, 5.74) is 40.0. The highest BCUT2D eigenvalue weighted by Gasteiger charge is 2.41. The number of anilines is 3. The van der Waals surface area contributed by atoms with Crippen LogP contribution in [0.1, 0.15) is 61.6 Å². The van der Waals surface area contributed by atoms with Gasteiger partial charge in [-0.05, 0) is 227 Å². The van der Waals surface area contributed by atoms with Crippen LogP contribution in [0.25, 0.3) is 121 Å². The number of fused-ring (bicyclic) bond motifs is 13. The van der Waals surface area contributed by atoms with E-state index in [0.29, 0.717) is 0 Å². The Morgan fingerprint density at radius 3 is 1.17 bits per heavy atom. The molecule has 5 heteroatoms. The Balaban J connectivity index is 0.846. The molecule has 4 heterocycles. The zero-order valence-electron chi connectivity index (χ0n) is 57.7. The summed E-state index contributed by atoms with van der Waals surface area (Å²) in [7, 11) is 0. The minimum absolute atomic E-state index is 0.0629. The molecule has 3 nitrogen and oxygen atoms in total. The maximum Gasteiger partial charge on any atom is 0.243 e. The summed E-state index contributed by atoms with van der Waals surface area (Å²) in [6.07, 6.45) is 0. The second-order valence-corrected chi connectivity index (χ2v) is 29.3. The van der Waals surface area contributed by atoms with Crippen LogP contribution in [0.4, 0.5) is 17.1 Å². The van der Waals surface area contributed by atoms with Gasteiger partial charge in [0.25, 0.3) is 0 Å². The molecule has 474 valence electrons. The van der Waals surface area contributed by atoms with Gasteiger partial charge in [-0.3, -0.25) is 0 Å². The average Bonchev–Trinajstić information content (AvgIpc) is 1.19. The molecule has 16 aromatic carbocycles. The number of hydrogen-bond acceptors (Lipinski definition) is 1. The van der Waals surface area contributed by atoms with Crippen LogP contribution in [-0.2, 0) is 0 Å². The first-order chi connectivity index (χ1) is 49.5. The number of benzene rings is 16. The summed E-state index contributed by atoms with van der Waals surface area (Å²) < 4.78 is 5.01. The molecule has 101 heavy (non-hydrogen) atoms. The van der Waals surface area contributed by atoms with Gasteiger partial charge in [-0.25, -0.2) is 0 Å². The fraction of sp³-hybridized carbons (Fsp3) is 0.0833. The maximum absolute atomic E-state index is 2.60. The van der Waals surface area contributed by atoms with Gasteiger partial charge in [-0.2, -0.15) is 0 Å². The molecular formula is C96H69B2N3. The first-order valence-electron chi connectivity index (χ1n) is 35.9. The van der Waals surface area contributed by atoms with Gasteiger partial charge in [0.2, 0.25) is 13.4 Å². The van der Waals surface area contributed by atoms with Gasteiger partial charge >= 0.3 is 0 Å². The molecule has 0 unspecified atom stereocenters. The van der Waals surface area contributed by atoms with Crippen molar-refractivity contribution in [3.05, 3.63) is 341 Å². The molecule has 1 aliphatic carbocycles. The van der Waals surface area contributed by atoms with Crippen molar-refractivity contribution in [3.63, 3.8) is 0 Å². The highest BCUT2D eigenvalue weighted by atomic mass is 15.1. The van der Waals surface area contributed by atoms with Crippen molar-refractivity contribution in [1.29, 1.82) is 0 Å². The maximum atomic E-state index is 2.60. The molecule has 0 saturated heterocycles. The van der Waals surface area contributed by atoms with E-state index in [9.17, 15) is 0 Å². The molecule has 2 aromatic heterocycles. The predicted molar refractivity (Wildman–Crippen MR) is 433 cm³/mol. The molecule has 21 rings (SSSR count). The van der Waals surface area contributed by atoms with E-state index in [4.69, 9.17) is 0 Å². The lowest BCUT2D eigenvalue weighted by atomic mass is 9.31. The van der Waals surface area contributed by atoms with Gasteiger partial charge in [0.05, 0.1) is 22.1 Å². The second-order valence-electron chi connectivity index (χ2n) is 29.3. The predicted octanol–water partition coefficient (Wildman–Crippen LogP) is 20.6. The lowest BCUT2D eigenvalue weighted by Gasteiger charge is -2.36. The van der Waals surface area contributed by atoms with Crippen LogP contribution in [0.5, 0.6) is 0 Å². The van der Waals surface area contributed by atoms with Crippen molar-refractivity contribution >= 4 is 139 Å². The molecule has 18 aromatic rings. The highest BCUT2D eigenvalue weighted by Crippen LogP contribution is 2.51. The summed E-state index contributed by atoms with van der Waals surface area (Å²) in [4.78, 5) is 2.49. The zero-order valence-corrected chi connectivity index (χ0v) is 57.7. The van der Waals surface area contributed by atoms with Gasteiger partial charge in [0, 0.05) is 55.9 Å². The molecule has 0 radical (unpaired) electrons. The molecule has 0 N–H and O–H groups in total. The van der Waals surface area contributed by atoms with Gasteiger partial charge in [0.15, 0.2) is 0 Å². The average molecular weight is 1290 g/mol.